The van der Waals surface area contributed by atoms with E-state index in [1.165, 1.54) is 25.7 Å². The van der Waals surface area contributed by atoms with E-state index in [1.807, 2.05) is 11.6 Å². The zero-order valence-corrected chi connectivity index (χ0v) is 12.1. The van der Waals surface area contributed by atoms with Crippen LogP contribution in [-0.4, -0.2) is 41.9 Å². The van der Waals surface area contributed by atoms with E-state index in [-0.39, 0.29) is 6.10 Å². The lowest BCUT2D eigenvalue weighted by atomic mass is 10.0. The summed E-state index contributed by atoms with van der Waals surface area (Å²) < 4.78 is 0. The van der Waals surface area contributed by atoms with Gasteiger partial charge < -0.3 is 15.3 Å². The zero-order valence-electron chi connectivity index (χ0n) is 11.3. The first-order valence-electron chi connectivity index (χ1n) is 7.39. The van der Waals surface area contributed by atoms with Gasteiger partial charge in [0, 0.05) is 37.3 Å². The Labute approximate surface area is 118 Å². The van der Waals surface area contributed by atoms with Gasteiger partial charge in [0.25, 0.3) is 0 Å². The van der Waals surface area contributed by atoms with Gasteiger partial charge in [-0.15, -0.1) is 11.3 Å². The summed E-state index contributed by atoms with van der Waals surface area (Å²) in [4.78, 5) is 6.76. The van der Waals surface area contributed by atoms with Crippen molar-refractivity contribution < 1.29 is 5.11 Å². The van der Waals surface area contributed by atoms with Crippen LogP contribution in [0.2, 0.25) is 0 Å². The molecule has 0 amide bonds. The van der Waals surface area contributed by atoms with Gasteiger partial charge in [-0.3, -0.25) is 0 Å². The highest BCUT2D eigenvalue weighted by atomic mass is 32.1. The van der Waals surface area contributed by atoms with Gasteiger partial charge in [-0.25, -0.2) is 4.98 Å². The van der Waals surface area contributed by atoms with Crippen LogP contribution in [-0.2, 0) is 0 Å². The van der Waals surface area contributed by atoms with Crippen molar-refractivity contribution in [3.8, 4) is 0 Å². The van der Waals surface area contributed by atoms with E-state index in [2.05, 4.69) is 15.2 Å². The SMILES string of the molecule is O[C@@H]1CCC[C@H]1CNC1CCN(c2nccs2)CC1. The van der Waals surface area contributed by atoms with Crippen LogP contribution in [0.5, 0.6) is 0 Å². The molecule has 2 aliphatic rings. The molecule has 1 saturated heterocycles. The third-order valence-corrected chi connectivity index (χ3v) is 5.30. The smallest absolute Gasteiger partial charge is 0.185 e. The van der Waals surface area contributed by atoms with E-state index in [0.717, 1.165) is 31.2 Å². The first-order valence-corrected chi connectivity index (χ1v) is 8.27. The average Bonchev–Trinajstić information content (AvgIpc) is 3.09. The molecule has 4 nitrogen and oxygen atoms in total. The van der Waals surface area contributed by atoms with Crippen molar-refractivity contribution in [3.63, 3.8) is 0 Å². The molecule has 2 atom stereocenters. The third kappa shape index (κ3) is 3.27. The molecule has 0 spiro atoms. The summed E-state index contributed by atoms with van der Waals surface area (Å²) in [7, 11) is 0. The molecule has 1 aliphatic carbocycles. The Kier molecular flexibility index (Phi) is 4.35. The maximum absolute atomic E-state index is 9.83. The van der Waals surface area contributed by atoms with Gasteiger partial charge in [0.2, 0.25) is 0 Å². The van der Waals surface area contributed by atoms with Gasteiger partial charge in [0.15, 0.2) is 5.13 Å². The molecule has 0 aromatic carbocycles. The lowest BCUT2D eigenvalue weighted by Crippen LogP contribution is -2.44. The van der Waals surface area contributed by atoms with Crippen LogP contribution in [0.15, 0.2) is 11.6 Å². The summed E-state index contributed by atoms with van der Waals surface area (Å²) in [6.45, 7) is 3.18. The Morgan fingerprint density at radius 2 is 2.16 bits per heavy atom. The summed E-state index contributed by atoms with van der Waals surface area (Å²) >= 11 is 1.73. The Hall–Kier alpha value is -0.650. The number of anilines is 1. The number of hydrogen-bond donors (Lipinski definition) is 2. The summed E-state index contributed by atoms with van der Waals surface area (Å²) in [6, 6.07) is 0.615. The van der Waals surface area contributed by atoms with E-state index in [1.54, 1.807) is 11.3 Å². The molecule has 1 aliphatic heterocycles. The summed E-state index contributed by atoms with van der Waals surface area (Å²) in [5.41, 5.74) is 0. The lowest BCUT2D eigenvalue weighted by molar-refractivity contribution is 0.129. The molecule has 2 fully saturated rings. The average molecular weight is 281 g/mol. The quantitative estimate of drug-likeness (QED) is 0.884. The predicted molar refractivity (Wildman–Crippen MR) is 78.7 cm³/mol. The van der Waals surface area contributed by atoms with Gasteiger partial charge in [0.1, 0.15) is 0 Å². The Bertz CT molecular complexity index is 376. The Morgan fingerprint density at radius 1 is 1.32 bits per heavy atom. The Balaban J connectivity index is 1.41. The first-order chi connectivity index (χ1) is 9.33. The van der Waals surface area contributed by atoms with E-state index in [9.17, 15) is 5.11 Å². The van der Waals surface area contributed by atoms with Crippen LogP contribution in [0.25, 0.3) is 0 Å². The summed E-state index contributed by atoms with van der Waals surface area (Å²) in [6.07, 6.45) is 7.55. The second kappa shape index (κ2) is 6.20. The number of nitrogens with one attached hydrogen (secondary N) is 1. The second-order valence-corrected chi connectivity index (χ2v) is 6.62. The molecule has 1 saturated carbocycles. The van der Waals surface area contributed by atoms with Gasteiger partial charge in [0.05, 0.1) is 6.10 Å². The number of aromatic nitrogens is 1. The Morgan fingerprint density at radius 3 is 2.79 bits per heavy atom. The fourth-order valence-corrected chi connectivity index (χ4v) is 3.92. The summed E-state index contributed by atoms with van der Waals surface area (Å²) in [5.74, 6) is 0.483. The molecule has 1 aromatic heterocycles. The fraction of sp³-hybridized carbons (Fsp3) is 0.786. The van der Waals surface area contributed by atoms with Crippen molar-refractivity contribution in [1.82, 2.24) is 10.3 Å². The van der Waals surface area contributed by atoms with E-state index in [0.29, 0.717) is 12.0 Å². The van der Waals surface area contributed by atoms with Crippen LogP contribution < -0.4 is 10.2 Å². The van der Waals surface area contributed by atoms with E-state index in [4.69, 9.17) is 0 Å². The molecule has 0 radical (unpaired) electrons. The molecule has 3 rings (SSSR count). The zero-order chi connectivity index (χ0) is 13.1. The molecule has 2 N–H and O–H groups in total. The highest BCUT2D eigenvalue weighted by Gasteiger charge is 2.26. The van der Waals surface area contributed by atoms with Crippen molar-refractivity contribution in [2.24, 2.45) is 5.92 Å². The second-order valence-electron chi connectivity index (χ2n) is 5.74. The van der Waals surface area contributed by atoms with Gasteiger partial charge in [-0.1, -0.05) is 6.42 Å². The van der Waals surface area contributed by atoms with Crippen LogP contribution >= 0.6 is 11.3 Å². The number of nitrogens with zero attached hydrogens (tertiary/aromatic N) is 2. The van der Waals surface area contributed by atoms with E-state index >= 15 is 0 Å². The van der Waals surface area contributed by atoms with Crippen molar-refractivity contribution in [2.75, 3.05) is 24.5 Å². The van der Waals surface area contributed by atoms with Crippen LogP contribution in [0, 0.1) is 5.92 Å². The molecule has 0 unspecified atom stereocenters. The minimum atomic E-state index is -0.0668. The summed E-state index contributed by atoms with van der Waals surface area (Å²) in [5, 5.41) is 16.7. The molecule has 0 bridgehead atoms. The highest BCUT2D eigenvalue weighted by Crippen LogP contribution is 2.26. The van der Waals surface area contributed by atoms with Gasteiger partial charge >= 0.3 is 0 Å². The topological polar surface area (TPSA) is 48.4 Å². The van der Waals surface area contributed by atoms with Crippen LogP contribution in [0.4, 0.5) is 5.13 Å². The number of aliphatic hydroxyl groups excluding tert-OH is 1. The lowest BCUT2D eigenvalue weighted by Gasteiger charge is -2.33. The van der Waals surface area contributed by atoms with Crippen molar-refractivity contribution in [2.45, 2.75) is 44.2 Å². The highest BCUT2D eigenvalue weighted by molar-refractivity contribution is 7.13. The maximum Gasteiger partial charge on any atom is 0.185 e. The third-order valence-electron chi connectivity index (χ3n) is 4.47. The number of hydrogen-bond acceptors (Lipinski definition) is 5. The monoisotopic (exact) mass is 281 g/mol. The number of piperidine rings is 1. The molecular weight excluding hydrogens is 258 g/mol. The molecule has 5 heteroatoms. The van der Waals surface area contributed by atoms with Crippen LogP contribution in [0.1, 0.15) is 32.1 Å². The predicted octanol–water partition coefficient (Wildman–Crippen LogP) is 1.86. The molecule has 1 aromatic rings. The molecule has 19 heavy (non-hydrogen) atoms. The van der Waals surface area contributed by atoms with Crippen LogP contribution in [0.3, 0.4) is 0 Å². The molecule has 2 heterocycles. The van der Waals surface area contributed by atoms with Crippen molar-refractivity contribution in [3.05, 3.63) is 11.6 Å². The molecular formula is C14H23N3OS. The van der Waals surface area contributed by atoms with Crippen molar-refractivity contribution >= 4 is 16.5 Å². The largest absolute Gasteiger partial charge is 0.393 e. The number of thiazole rings is 1. The number of aliphatic hydroxyl groups is 1. The van der Waals surface area contributed by atoms with E-state index < -0.39 is 0 Å². The standard InChI is InChI=1S/C14H23N3OS/c18-13-3-1-2-11(13)10-16-12-4-7-17(8-5-12)14-15-6-9-19-14/h6,9,11-13,16,18H,1-5,7-8,10H2/t11-,13+/m0/s1. The van der Waals surface area contributed by atoms with Gasteiger partial charge in [-0.2, -0.15) is 0 Å². The normalized spacial score (nSPS) is 29.0. The maximum atomic E-state index is 9.83. The number of rotatable bonds is 4. The molecule has 106 valence electrons. The van der Waals surface area contributed by atoms with Gasteiger partial charge in [-0.05, 0) is 31.6 Å². The van der Waals surface area contributed by atoms with Crippen molar-refractivity contribution in [1.29, 1.82) is 0 Å². The fourth-order valence-electron chi connectivity index (χ4n) is 3.22. The first kappa shape index (κ1) is 13.3. The minimum Gasteiger partial charge on any atom is -0.393 e. The minimum absolute atomic E-state index is 0.0668.